The van der Waals surface area contributed by atoms with Crippen molar-refractivity contribution in [3.05, 3.63) is 22.7 Å². The van der Waals surface area contributed by atoms with E-state index in [1.807, 2.05) is 6.92 Å². The Balaban J connectivity index is 2.95. The Kier molecular flexibility index (Phi) is 3.73. The van der Waals surface area contributed by atoms with E-state index in [0.717, 1.165) is 0 Å². The summed E-state index contributed by atoms with van der Waals surface area (Å²) in [6, 6.07) is 0.195. The molecule has 1 heterocycles. The number of anilines is 1. The summed E-state index contributed by atoms with van der Waals surface area (Å²) in [4.78, 5) is 16.0. The highest BCUT2D eigenvalue weighted by atomic mass is 16.1. The third-order valence-corrected chi connectivity index (χ3v) is 2.91. The summed E-state index contributed by atoms with van der Waals surface area (Å²) in [7, 11) is 0. The molecule has 0 saturated carbocycles. The van der Waals surface area contributed by atoms with Crippen molar-refractivity contribution in [1.29, 1.82) is 0 Å². The first-order valence-corrected chi connectivity index (χ1v) is 5.68. The number of rotatable bonds is 3. The molecule has 90 valence electrons. The highest BCUT2D eigenvalue weighted by molar-refractivity contribution is 5.32. The van der Waals surface area contributed by atoms with Gasteiger partial charge in [-0.2, -0.15) is 0 Å². The fraction of sp³-hybridized carbons (Fsp3) is 0.667. The van der Waals surface area contributed by atoms with Gasteiger partial charge in [-0.15, -0.1) is 0 Å². The minimum Gasteiger partial charge on any atom is -0.362 e. The van der Waals surface area contributed by atoms with Gasteiger partial charge in [-0.05, 0) is 19.3 Å². The van der Waals surface area contributed by atoms with Gasteiger partial charge >= 0.3 is 0 Å². The van der Waals surface area contributed by atoms with Crippen molar-refractivity contribution >= 4 is 5.82 Å². The van der Waals surface area contributed by atoms with Crippen LogP contribution in [0, 0.1) is 5.41 Å². The van der Waals surface area contributed by atoms with Gasteiger partial charge in [0.25, 0.3) is 5.56 Å². The second-order valence-electron chi connectivity index (χ2n) is 5.10. The fourth-order valence-electron chi connectivity index (χ4n) is 1.22. The lowest BCUT2D eigenvalue weighted by molar-refractivity contribution is 0.358. The van der Waals surface area contributed by atoms with Crippen LogP contribution in [0.1, 0.15) is 34.6 Å². The van der Waals surface area contributed by atoms with Crippen LogP contribution in [0.15, 0.2) is 17.2 Å². The predicted octanol–water partition coefficient (Wildman–Crippen LogP) is 2.11. The zero-order chi connectivity index (χ0) is 12.3. The summed E-state index contributed by atoms with van der Waals surface area (Å²) in [5, 5.41) is 3.18. The SMILES string of the molecule is CCn1ccnc(NC(C)C(C)(C)C)c1=O. The van der Waals surface area contributed by atoms with Crippen LogP contribution in [-0.4, -0.2) is 15.6 Å². The van der Waals surface area contributed by atoms with Crippen LogP contribution in [0.4, 0.5) is 5.82 Å². The molecule has 1 aromatic heterocycles. The fourth-order valence-corrected chi connectivity index (χ4v) is 1.22. The van der Waals surface area contributed by atoms with Crippen molar-refractivity contribution in [1.82, 2.24) is 9.55 Å². The van der Waals surface area contributed by atoms with E-state index in [9.17, 15) is 4.79 Å². The lowest BCUT2D eigenvalue weighted by Crippen LogP contribution is -2.35. The van der Waals surface area contributed by atoms with Crippen molar-refractivity contribution in [2.45, 2.75) is 47.2 Å². The van der Waals surface area contributed by atoms with Crippen molar-refractivity contribution in [2.75, 3.05) is 5.32 Å². The molecule has 0 amide bonds. The third-order valence-electron chi connectivity index (χ3n) is 2.91. The molecule has 0 aliphatic rings. The summed E-state index contributed by atoms with van der Waals surface area (Å²) >= 11 is 0. The maximum absolute atomic E-state index is 11.9. The van der Waals surface area contributed by atoms with Gasteiger partial charge < -0.3 is 9.88 Å². The minimum absolute atomic E-state index is 0.0545. The van der Waals surface area contributed by atoms with E-state index < -0.39 is 0 Å². The molecular formula is C12H21N3O. The summed E-state index contributed by atoms with van der Waals surface area (Å²) < 4.78 is 1.64. The Labute approximate surface area is 96.7 Å². The first kappa shape index (κ1) is 12.7. The first-order valence-electron chi connectivity index (χ1n) is 5.68. The van der Waals surface area contributed by atoms with Crippen LogP contribution in [0.5, 0.6) is 0 Å². The minimum atomic E-state index is -0.0545. The summed E-state index contributed by atoms with van der Waals surface area (Å²) in [5.41, 5.74) is 0.0437. The smallest absolute Gasteiger partial charge is 0.293 e. The van der Waals surface area contributed by atoms with Gasteiger partial charge in [0.05, 0.1) is 0 Å². The van der Waals surface area contributed by atoms with Crippen LogP contribution in [-0.2, 0) is 6.54 Å². The van der Waals surface area contributed by atoms with Crippen LogP contribution in [0.3, 0.4) is 0 Å². The molecule has 4 heteroatoms. The molecule has 0 aliphatic heterocycles. The Morgan fingerprint density at radius 2 is 2.12 bits per heavy atom. The van der Waals surface area contributed by atoms with Gasteiger partial charge in [0, 0.05) is 25.0 Å². The zero-order valence-electron chi connectivity index (χ0n) is 10.7. The predicted molar refractivity (Wildman–Crippen MR) is 66.7 cm³/mol. The van der Waals surface area contributed by atoms with E-state index in [4.69, 9.17) is 0 Å². The summed E-state index contributed by atoms with van der Waals surface area (Å²) in [6.07, 6.45) is 3.36. The number of aromatic nitrogens is 2. The van der Waals surface area contributed by atoms with Crippen LogP contribution in [0.25, 0.3) is 0 Å². The summed E-state index contributed by atoms with van der Waals surface area (Å²) in [5.74, 6) is 0.437. The molecule has 0 fully saturated rings. The van der Waals surface area contributed by atoms with Crippen molar-refractivity contribution in [3.63, 3.8) is 0 Å². The van der Waals surface area contributed by atoms with Gasteiger partial charge in [0.1, 0.15) is 0 Å². The molecule has 0 spiro atoms. The molecule has 0 saturated heterocycles. The van der Waals surface area contributed by atoms with E-state index >= 15 is 0 Å². The van der Waals surface area contributed by atoms with Gasteiger partial charge in [-0.1, -0.05) is 20.8 Å². The number of nitrogens with one attached hydrogen (secondary N) is 1. The molecule has 1 atom stereocenters. The first-order chi connectivity index (χ1) is 7.36. The second-order valence-corrected chi connectivity index (χ2v) is 5.10. The standard InChI is InChI=1S/C12H21N3O/c1-6-15-8-7-13-10(11(15)16)14-9(2)12(3,4)5/h7-9H,6H2,1-5H3,(H,13,14). The molecule has 1 rings (SSSR count). The highest BCUT2D eigenvalue weighted by Gasteiger charge is 2.21. The molecule has 16 heavy (non-hydrogen) atoms. The van der Waals surface area contributed by atoms with Crippen LogP contribution in [0.2, 0.25) is 0 Å². The normalized spacial score (nSPS) is 13.6. The average molecular weight is 223 g/mol. The van der Waals surface area contributed by atoms with Crippen molar-refractivity contribution in [2.24, 2.45) is 5.41 Å². The van der Waals surface area contributed by atoms with E-state index in [-0.39, 0.29) is 17.0 Å². The average Bonchev–Trinajstić information content (AvgIpc) is 2.19. The van der Waals surface area contributed by atoms with Gasteiger partial charge in [0.2, 0.25) is 0 Å². The lowest BCUT2D eigenvalue weighted by atomic mass is 9.88. The maximum atomic E-state index is 11.9. The number of aryl methyl sites for hydroxylation is 1. The third kappa shape index (κ3) is 2.84. The number of hydrogen-bond acceptors (Lipinski definition) is 3. The Morgan fingerprint density at radius 1 is 1.50 bits per heavy atom. The van der Waals surface area contributed by atoms with Crippen LogP contribution < -0.4 is 10.9 Å². The van der Waals surface area contributed by atoms with Gasteiger partial charge in [0.15, 0.2) is 5.82 Å². The monoisotopic (exact) mass is 223 g/mol. The number of nitrogens with zero attached hydrogens (tertiary/aromatic N) is 2. The number of hydrogen-bond donors (Lipinski definition) is 1. The lowest BCUT2D eigenvalue weighted by Gasteiger charge is -2.28. The largest absolute Gasteiger partial charge is 0.362 e. The van der Waals surface area contributed by atoms with E-state index in [0.29, 0.717) is 12.4 Å². The van der Waals surface area contributed by atoms with E-state index in [1.165, 1.54) is 0 Å². The molecule has 4 nitrogen and oxygen atoms in total. The van der Waals surface area contributed by atoms with E-state index in [1.54, 1.807) is 17.0 Å². The second kappa shape index (κ2) is 4.68. The molecule has 1 N–H and O–H groups in total. The van der Waals surface area contributed by atoms with Crippen molar-refractivity contribution in [3.8, 4) is 0 Å². The molecule has 1 unspecified atom stereocenters. The molecular weight excluding hydrogens is 202 g/mol. The quantitative estimate of drug-likeness (QED) is 0.853. The Hall–Kier alpha value is -1.32. The van der Waals surface area contributed by atoms with E-state index in [2.05, 4.69) is 38.0 Å². The zero-order valence-corrected chi connectivity index (χ0v) is 10.7. The Bertz CT molecular complexity index is 403. The molecule has 0 aliphatic carbocycles. The van der Waals surface area contributed by atoms with Gasteiger partial charge in [-0.3, -0.25) is 4.79 Å². The van der Waals surface area contributed by atoms with Crippen molar-refractivity contribution < 1.29 is 0 Å². The molecule has 0 bridgehead atoms. The highest BCUT2D eigenvalue weighted by Crippen LogP contribution is 2.20. The molecule has 1 aromatic rings. The van der Waals surface area contributed by atoms with Crippen LogP contribution >= 0.6 is 0 Å². The summed E-state index contributed by atoms with van der Waals surface area (Å²) in [6.45, 7) is 11.1. The Morgan fingerprint density at radius 3 is 2.62 bits per heavy atom. The molecule has 0 radical (unpaired) electrons. The van der Waals surface area contributed by atoms with Gasteiger partial charge in [-0.25, -0.2) is 4.98 Å². The maximum Gasteiger partial charge on any atom is 0.293 e. The topological polar surface area (TPSA) is 46.9 Å². The molecule has 0 aromatic carbocycles.